The highest BCUT2D eigenvalue weighted by Gasteiger charge is 2.17. The lowest BCUT2D eigenvalue weighted by Gasteiger charge is -2.11. The number of rotatable bonds is 4. The number of hydrogen-bond acceptors (Lipinski definition) is 3. The average Bonchev–Trinajstić information content (AvgIpc) is 2.90. The Kier molecular flexibility index (Phi) is 4.26. The number of para-hydroxylation sites is 2. The molecule has 0 fully saturated rings. The highest BCUT2D eigenvalue weighted by atomic mass is 19.2. The summed E-state index contributed by atoms with van der Waals surface area (Å²) in [7, 11) is 0. The highest BCUT2D eigenvalue weighted by molar-refractivity contribution is 5.91. The van der Waals surface area contributed by atoms with Gasteiger partial charge in [0, 0.05) is 11.8 Å². The molecule has 2 N–H and O–H groups in total. The van der Waals surface area contributed by atoms with E-state index in [1.54, 1.807) is 29.7 Å². The topological polar surface area (TPSA) is 67.2 Å². The van der Waals surface area contributed by atoms with Gasteiger partial charge in [-0.25, -0.2) is 13.8 Å². The zero-order chi connectivity index (χ0) is 17.3. The van der Waals surface area contributed by atoms with Gasteiger partial charge in [-0.05, 0) is 31.2 Å². The van der Waals surface area contributed by atoms with Crippen LogP contribution < -0.4 is 5.32 Å². The van der Waals surface area contributed by atoms with Crippen LogP contribution in [0.3, 0.4) is 0 Å². The van der Waals surface area contributed by atoms with Gasteiger partial charge in [-0.15, -0.1) is 0 Å². The molecule has 2 aromatic carbocycles. The van der Waals surface area contributed by atoms with Gasteiger partial charge in [0.15, 0.2) is 11.6 Å². The van der Waals surface area contributed by atoms with E-state index in [0.717, 1.165) is 12.1 Å². The normalized spacial score (nSPS) is 12.3. The van der Waals surface area contributed by atoms with E-state index in [9.17, 15) is 18.7 Å². The molecule has 0 aliphatic heterocycles. The Hall–Kier alpha value is -2.80. The number of carbonyl (C=O) groups is 1. The second-order valence-corrected chi connectivity index (χ2v) is 5.40. The minimum atomic E-state index is -1.04. The van der Waals surface area contributed by atoms with Crippen LogP contribution in [0.2, 0.25) is 0 Å². The molecule has 3 rings (SSSR count). The summed E-state index contributed by atoms with van der Waals surface area (Å²) < 4.78 is 27.7. The van der Waals surface area contributed by atoms with Crippen molar-refractivity contribution in [2.75, 3.05) is 5.32 Å². The fourth-order valence-electron chi connectivity index (χ4n) is 2.50. The first-order valence-electron chi connectivity index (χ1n) is 7.34. The number of carbonyl (C=O) groups excluding carboxylic acids is 1. The van der Waals surface area contributed by atoms with Gasteiger partial charge in [-0.2, -0.15) is 0 Å². The predicted molar refractivity (Wildman–Crippen MR) is 85.4 cm³/mol. The average molecular weight is 331 g/mol. The van der Waals surface area contributed by atoms with Crippen molar-refractivity contribution in [3.05, 3.63) is 59.9 Å². The number of aliphatic hydroxyl groups excluding tert-OH is 1. The first-order valence-corrected chi connectivity index (χ1v) is 7.34. The van der Waals surface area contributed by atoms with Crippen LogP contribution in [0.1, 0.15) is 18.9 Å². The summed E-state index contributed by atoms with van der Waals surface area (Å²) in [5.41, 5.74) is 1.52. The van der Waals surface area contributed by atoms with E-state index < -0.39 is 23.6 Å². The van der Waals surface area contributed by atoms with Crippen LogP contribution in [0.25, 0.3) is 11.0 Å². The molecule has 7 heteroatoms. The maximum absolute atomic E-state index is 13.2. The Morgan fingerprint density at radius 2 is 2.00 bits per heavy atom. The van der Waals surface area contributed by atoms with Gasteiger partial charge in [-0.1, -0.05) is 12.1 Å². The van der Waals surface area contributed by atoms with Gasteiger partial charge in [-0.3, -0.25) is 4.79 Å². The van der Waals surface area contributed by atoms with Gasteiger partial charge in [0.25, 0.3) is 0 Å². The second-order valence-electron chi connectivity index (χ2n) is 5.40. The Bertz CT molecular complexity index is 906. The molecule has 0 saturated carbocycles. The fraction of sp³-hybridized carbons (Fsp3) is 0.176. The molecule has 5 nitrogen and oxygen atoms in total. The number of aromatic nitrogens is 2. The van der Waals surface area contributed by atoms with E-state index in [2.05, 4.69) is 10.3 Å². The molecule has 0 aliphatic rings. The lowest BCUT2D eigenvalue weighted by atomic mass is 10.3. The van der Waals surface area contributed by atoms with Gasteiger partial charge in [0.1, 0.15) is 18.5 Å². The zero-order valence-corrected chi connectivity index (χ0v) is 12.8. The Labute approximate surface area is 136 Å². The number of aliphatic hydroxyl groups is 1. The standard InChI is InChI=1S/C17H15F2N3O2/c1-10(23)17-21-14-4-2-3-5-15(14)22(17)9-16(24)20-11-6-7-12(18)13(19)8-11/h2-8,10,23H,9H2,1H3,(H,20,24). The summed E-state index contributed by atoms with van der Waals surface area (Å²) in [5.74, 6) is -2.10. The van der Waals surface area contributed by atoms with Crippen LogP contribution in [-0.4, -0.2) is 20.6 Å². The van der Waals surface area contributed by atoms with Crippen molar-refractivity contribution in [3.63, 3.8) is 0 Å². The molecule has 0 bridgehead atoms. The third-order valence-corrected chi connectivity index (χ3v) is 3.56. The third kappa shape index (κ3) is 3.11. The van der Waals surface area contributed by atoms with E-state index >= 15 is 0 Å². The van der Waals surface area contributed by atoms with Gasteiger partial charge in [0.2, 0.25) is 5.91 Å². The van der Waals surface area contributed by atoms with Crippen molar-refractivity contribution < 1.29 is 18.7 Å². The second kappa shape index (κ2) is 6.37. The molecule has 1 heterocycles. The smallest absolute Gasteiger partial charge is 0.244 e. The van der Waals surface area contributed by atoms with Gasteiger partial charge < -0.3 is 15.0 Å². The molecule has 1 atom stereocenters. The van der Waals surface area contributed by atoms with E-state index in [-0.39, 0.29) is 12.2 Å². The van der Waals surface area contributed by atoms with Gasteiger partial charge >= 0.3 is 0 Å². The van der Waals surface area contributed by atoms with Crippen LogP contribution in [0.5, 0.6) is 0 Å². The molecule has 0 saturated heterocycles. The number of fused-ring (bicyclic) bond motifs is 1. The Morgan fingerprint density at radius 1 is 1.25 bits per heavy atom. The molecular weight excluding hydrogens is 316 g/mol. The molecule has 124 valence electrons. The molecule has 1 unspecified atom stereocenters. The minimum absolute atomic E-state index is 0.111. The van der Waals surface area contributed by atoms with Crippen molar-refractivity contribution in [2.45, 2.75) is 19.6 Å². The minimum Gasteiger partial charge on any atom is -0.385 e. The summed E-state index contributed by atoms with van der Waals surface area (Å²) in [6, 6.07) is 10.3. The number of benzene rings is 2. The molecule has 1 aromatic heterocycles. The quantitative estimate of drug-likeness (QED) is 0.772. The number of nitrogens with zero attached hydrogens (tertiary/aromatic N) is 2. The van der Waals surface area contributed by atoms with Crippen LogP contribution >= 0.6 is 0 Å². The number of amides is 1. The van der Waals surface area contributed by atoms with E-state index in [1.807, 2.05) is 6.07 Å². The molecule has 0 spiro atoms. The summed E-state index contributed by atoms with van der Waals surface area (Å²) in [6.07, 6.45) is -0.853. The lowest BCUT2D eigenvalue weighted by Crippen LogP contribution is -2.21. The molecule has 0 radical (unpaired) electrons. The number of imidazole rings is 1. The number of halogens is 2. The van der Waals surface area contributed by atoms with E-state index in [0.29, 0.717) is 16.9 Å². The van der Waals surface area contributed by atoms with Crippen LogP contribution in [-0.2, 0) is 11.3 Å². The third-order valence-electron chi connectivity index (χ3n) is 3.56. The van der Waals surface area contributed by atoms with Crippen LogP contribution in [0.15, 0.2) is 42.5 Å². The molecular formula is C17H15F2N3O2. The molecule has 1 amide bonds. The highest BCUT2D eigenvalue weighted by Crippen LogP contribution is 2.21. The summed E-state index contributed by atoms with van der Waals surface area (Å²) in [6.45, 7) is 1.45. The maximum Gasteiger partial charge on any atom is 0.244 e. The van der Waals surface area contributed by atoms with E-state index in [1.165, 1.54) is 6.07 Å². The summed E-state index contributed by atoms with van der Waals surface area (Å²) >= 11 is 0. The van der Waals surface area contributed by atoms with Crippen LogP contribution in [0, 0.1) is 11.6 Å². The fourth-order valence-corrected chi connectivity index (χ4v) is 2.50. The summed E-state index contributed by atoms with van der Waals surface area (Å²) in [4.78, 5) is 16.6. The van der Waals surface area contributed by atoms with Crippen LogP contribution in [0.4, 0.5) is 14.5 Å². The van der Waals surface area contributed by atoms with Gasteiger partial charge in [0.05, 0.1) is 11.0 Å². The lowest BCUT2D eigenvalue weighted by molar-refractivity contribution is -0.116. The molecule has 24 heavy (non-hydrogen) atoms. The SMILES string of the molecule is CC(O)c1nc2ccccc2n1CC(=O)Nc1ccc(F)c(F)c1. The molecule has 0 aliphatic carbocycles. The van der Waals surface area contributed by atoms with Crippen molar-refractivity contribution in [1.82, 2.24) is 9.55 Å². The van der Waals surface area contributed by atoms with Crippen molar-refractivity contribution >= 4 is 22.6 Å². The number of hydrogen-bond donors (Lipinski definition) is 2. The first kappa shape index (κ1) is 16.1. The van der Waals surface area contributed by atoms with E-state index in [4.69, 9.17) is 0 Å². The largest absolute Gasteiger partial charge is 0.385 e. The predicted octanol–water partition coefficient (Wildman–Crippen LogP) is 3.01. The Morgan fingerprint density at radius 3 is 2.71 bits per heavy atom. The number of anilines is 1. The maximum atomic E-state index is 13.2. The van der Waals surface area contributed by atoms with Crippen molar-refractivity contribution in [3.8, 4) is 0 Å². The Balaban J connectivity index is 1.87. The monoisotopic (exact) mass is 331 g/mol. The number of nitrogens with one attached hydrogen (secondary N) is 1. The van der Waals surface area contributed by atoms with Crippen molar-refractivity contribution in [2.24, 2.45) is 0 Å². The summed E-state index contributed by atoms with van der Waals surface area (Å²) in [5, 5.41) is 12.4. The first-order chi connectivity index (χ1) is 11.5. The zero-order valence-electron chi connectivity index (χ0n) is 12.8. The molecule has 3 aromatic rings. The van der Waals surface area contributed by atoms with Crippen molar-refractivity contribution in [1.29, 1.82) is 0 Å².